The van der Waals surface area contributed by atoms with Gasteiger partial charge in [0.15, 0.2) is 0 Å². The first-order valence-electron chi connectivity index (χ1n) is 7.80. The average Bonchev–Trinajstić information content (AvgIpc) is 2.70. The molecule has 0 bridgehead atoms. The van der Waals surface area contributed by atoms with Crippen LogP contribution in [0.5, 0.6) is 5.75 Å². The van der Waals surface area contributed by atoms with Gasteiger partial charge in [-0.05, 0) is 25.0 Å². The minimum absolute atomic E-state index is 0.374. The average molecular weight is 289 g/mol. The lowest BCUT2D eigenvalue weighted by molar-refractivity contribution is 0.0696. The standard InChI is InChI=1S/C17H23NO3/c1-21-13-6-7-14(16(19)20)15(10-13)18-11-17(12-18)8-4-2-3-5-9-17/h6-7,10H,2-5,8-9,11-12H2,1H3,(H,19,20). The second kappa shape index (κ2) is 5.58. The molecule has 1 saturated carbocycles. The fourth-order valence-electron chi connectivity index (χ4n) is 3.81. The zero-order chi connectivity index (χ0) is 14.9. The highest BCUT2D eigenvalue weighted by Crippen LogP contribution is 2.45. The van der Waals surface area contributed by atoms with E-state index in [4.69, 9.17) is 4.74 Å². The summed E-state index contributed by atoms with van der Waals surface area (Å²) in [6, 6.07) is 5.22. The molecule has 1 aliphatic carbocycles. The van der Waals surface area contributed by atoms with Gasteiger partial charge in [0.1, 0.15) is 5.75 Å². The maximum absolute atomic E-state index is 11.4. The maximum Gasteiger partial charge on any atom is 0.337 e. The Labute approximate surface area is 125 Å². The molecule has 4 nitrogen and oxygen atoms in total. The van der Waals surface area contributed by atoms with Crippen molar-refractivity contribution < 1.29 is 14.6 Å². The van der Waals surface area contributed by atoms with E-state index in [-0.39, 0.29) is 0 Å². The third kappa shape index (κ3) is 2.71. The lowest BCUT2D eigenvalue weighted by atomic mass is 9.73. The summed E-state index contributed by atoms with van der Waals surface area (Å²) >= 11 is 0. The SMILES string of the molecule is COc1ccc(C(=O)O)c(N2CC3(CCCCCC3)C2)c1. The smallest absolute Gasteiger partial charge is 0.337 e. The maximum atomic E-state index is 11.4. The first-order valence-corrected chi connectivity index (χ1v) is 7.80. The molecule has 114 valence electrons. The van der Waals surface area contributed by atoms with E-state index in [0.717, 1.165) is 24.5 Å². The van der Waals surface area contributed by atoms with E-state index in [0.29, 0.717) is 11.0 Å². The van der Waals surface area contributed by atoms with Gasteiger partial charge in [0.2, 0.25) is 0 Å². The zero-order valence-corrected chi connectivity index (χ0v) is 12.6. The molecule has 1 aliphatic heterocycles. The topological polar surface area (TPSA) is 49.8 Å². The fraction of sp³-hybridized carbons (Fsp3) is 0.588. The summed E-state index contributed by atoms with van der Waals surface area (Å²) < 4.78 is 5.25. The van der Waals surface area contributed by atoms with Gasteiger partial charge in [0, 0.05) is 24.6 Å². The molecule has 2 fully saturated rings. The zero-order valence-electron chi connectivity index (χ0n) is 12.6. The Balaban J connectivity index is 1.80. The number of anilines is 1. The van der Waals surface area contributed by atoms with Crippen LogP contribution < -0.4 is 9.64 Å². The Morgan fingerprint density at radius 1 is 1.19 bits per heavy atom. The molecule has 0 amide bonds. The largest absolute Gasteiger partial charge is 0.497 e. The van der Waals surface area contributed by atoms with E-state index < -0.39 is 5.97 Å². The molecule has 0 unspecified atom stereocenters. The number of rotatable bonds is 3. The van der Waals surface area contributed by atoms with Gasteiger partial charge in [-0.3, -0.25) is 0 Å². The van der Waals surface area contributed by atoms with Crippen molar-refractivity contribution in [3.63, 3.8) is 0 Å². The molecule has 1 aromatic rings. The summed E-state index contributed by atoms with van der Waals surface area (Å²) in [6.45, 7) is 1.97. The molecule has 1 saturated heterocycles. The highest BCUT2D eigenvalue weighted by molar-refractivity contribution is 5.95. The van der Waals surface area contributed by atoms with Crippen molar-refractivity contribution in [1.29, 1.82) is 0 Å². The van der Waals surface area contributed by atoms with Crippen molar-refractivity contribution in [2.75, 3.05) is 25.1 Å². The summed E-state index contributed by atoms with van der Waals surface area (Å²) in [5.74, 6) is -0.147. The normalized spacial score (nSPS) is 20.7. The van der Waals surface area contributed by atoms with E-state index >= 15 is 0 Å². The van der Waals surface area contributed by atoms with Crippen molar-refractivity contribution in [3.05, 3.63) is 23.8 Å². The van der Waals surface area contributed by atoms with Crippen LogP contribution in [0.1, 0.15) is 48.9 Å². The number of hydrogen-bond acceptors (Lipinski definition) is 3. The predicted molar refractivity (Wildman–Crippen MR) is 82.3 cm³/mol. The Morgan fingerprint density at radius 3 is 2.43 bits per heavy atom. The number of aromatic carboxylic acids is 1. The van der Waals surface area contributed by atoms with E-state index in [2.05, 4.69) is 4.90 Å². The molecule has 1 heterocycles. The molecule has 21 heavy (non-hydrogen) atoms. The Bertz CT molecular complexity index is 525. The second-order valence-electron chi connectivity index (χ2n) is 6.46. The van der Waals surface area contributed by atoms with Gasteiger partial charge in [0.25, 0.3) is 0 Å². The van der Waals surface area contributed by atoms with E-state index in [1.54, 1.807) is 19.2 Å². The molecule has 3 rings (SSSR count). The van der Waals surface area contributed by atoms with Crippen LogP contribution in [0, 0.1) is 5.41 Å². The lowest BCUT2D eigenvalue weighted by Gasteiger charge is -2.52. The fourth-order valence-corrected chi connectivity index (χ4v) is 3.81. The van der Waals surface area contributed by atoms with E-state index in [9.17, 15) is 9.90 Å². The number of hydrogen-bond donors (Lipinski definition) is 1. The van der Waals surface area contributed by atoms with Crippen LogP contribution in [0.4, 0.5) is 5.69 Å². The van der Waals surface area contributed by atoms with Crippen molar-refractivity contribution in [1.82, 2.24) is 0 Å². The van der Waals surface area contributed by atoms with Gasteiger partial charge < -0.3 is 14.7 Å². The van der Waals surface area contributed by atoms with Gasteiger partial charge in [0.05, 0.1) is 18.4 Å². The Morgan fingerprint density at radius 2 is 1.86 bits per heavy atom. The molecular weight excluding hydrogens is 266 g/mol. The van der Waals surface area contributed by atoms with Crippen molar-refractivity contribution in [2.45, 2.75) is 38.5 Å². The van der Waals surface area contributed by atoms with Crippen LogP contribution >= 0.6 is 0 Å². The van der Waals surface area contributed by atoms with Crippen molar-refractivity contribution in [2.24, 2.45) is 5.41 Å². The third-order valence-electron chi connectivity index (χ3n) is 4.99. The van der Waals surface area contributed by atoms with Crippen LogP contribution in [0.25, 0.3) is 0 Å². The van der Waals surface area contributed by atoms with E-state index in [1.807, 2.05) is 6.07 Å². The molecule has 1 N–H and O–H groups in total. The second-order valence-corrected chi connectivity index (χ2v) is 6.46. The minimum Gasteiger partial charge on any atom is -0.497 e. The van der Waals surface area contributed by atoms with Crippen LogP contribution in [-0.4, -0.2) is 31.3 Å². The number of ether oxygens (including phenoxy) is 1. The lowest BCUT2D eigenvalue weighted by Crippen LogP contribution is -2.56. The predicted octanol–water partition coefficient (Wildman–Crippen LogP) is 3.55. The minimum atomic E-state index is -0.866. The summed E-state index contributed by atoms with van der Waals surface area (Å²) in [4.78, 5) is 13.6. The van der Waals surface area contributed by atoms with Gasteiger partial charge in [-0.25, -0.2) is 4.79 Å². The Kier molecular flexibility index (Phi) is 3.79. The first kappa shape index (κ1) is 14.2. The van der Waals surface area contributed by atoms with Gasteiger partial charge in [-0.2, -0.15) is 0 Å². The summed E-state index contributed by atoms with van der Waals surface area (Å²) in [5, 5.41) is 9.38. The summed E-state index contributed by atoms with van der Waals surface area (Å²) in [6.07, 6.45) is 7.91. The Hall–Kier alpha value is -1.71. The van der Waals surface area contributed by atoms with Crippen molar-refractivity contribution in [3.8, 4) is 5.75 Å². The highest BCUT2D eigenvalue weighted by atomic mass is 16.5. The number of carbonyl (C=O) groups is 1. The molecule has 2 aliphatic rings. The highest BCUT2D eigenvalue weighted by Gasteiger charge is 2.43. The van der Waals surface area contributed by atoms with Crippen LogP contribution in [0.2, 0.25) is 0 Å². The molecular formula is C17H23NO3. The van der Waals surface area contributed by atoms with Gasteiger partial charge >= 0.3 is 5.97 Å². The quantitative estimate of drug-likeness (QED) is 0.924. The molecule has 1 spiro atoms. The molecule has 0 radical (unpaired) electrons. The van der Waals surface area contributed by atoms with Gasteiger partial charge in [-0.1, -0.05) is 25.7 Å². The summed E-state index contributed by atoms with van der Waals surface area (Å²) in [7, 11) is 1.61. The molecule has 0 atom stereocenters. The molecule has 1 aromatic carbocycles. The molecule has 0 aromatic heterocycles. The van der Waals surface area contributed by atoms with E-state index in [1.165, 1.54) is 38.5 Å². The third-order valence-corrected chi connectivity index (χ3v) is 4.99. The molecule has 4 heteroatoms. The number of nitrogens with zero attached hydrogens (tertiary/aromatic N) is 1. The van der Waals surface area contributed by atoms with Gasteiger partial charge in [-0.15, -0.1) is 0 Å². The van der Waals surface area contributed by atoms with Crippen LogP contribution in [0.3, 0.4) is 0 Å². The number of carboxylic acid groups (broad SMARTS) is 1. The van der Waals surface area contributed by atoms with Crippen LogP contribution in [-0.2, 0) is 0 Å². The number of benzene rings is 1. The number of methoxy groups -OCH3 is 1. The van der Waals surface area contributed by atoms with Crippen molar-refractivity contribution >= 4 is 11.7 Å². The monoisotopic (exact) mass is 289 g/mol. The summed E-state index contributed by atoms with van der Waals surface area (Å²) in [5.41, 5.74) is 1.60. The first-order chi connectivity index (χ1) is 10.1. The number of carboxylic acids is 1. The van der Waals surface area contributed by atoms with Crippen LogP contribution in [0.15, 0.2) is 18.2 Å².